The van der Waals surface area contributed by atoms with Crippen LogP contribution in [0.3, 0.4) is 0 Å². The normalized spacial score (nSPS) is 30.8. The Morgan fingerprint density at radius 2 is 2.25 bits per heavy atom. The van der Waals surface area contributed by atoms with Crippen LogP contribution in [0.4, 0.5) is 0 Å². The number of rotatable bonds is 1. The Balaban J connectivity index is 1.95. The predicted octanol–water partition coefficient (Wildman–Crippen LogP) is 1.11. The lowest BCUT2D eigenvalue weighted by Crippen LogP contribution is -2.32. The van der Waals surface area contributed by atoms with Crippen molar-refractivity contribution in [1.29, 1.82) is 0 Å². The molecule has 3 aliphatic rings. The third kappa shape index (κ3) is 1.38. The summed E-state index contributed by atoms with van der Waals surface area (Å²) in [6.45, 7) is 0. The van der Waals surface area contributed by atoms with Gasteiger partial charge in [0.1, 0.15) is 11.9 Å². The van der Waals surface area contributed by atoms with Crippen LogP contribution < -0.4 is 0 Å². The van der Waals surface area contributed by atoms with Crippen molar-refractivity contribution in [2.45, 2.75) is 18.9 Å². The summed E-state index contributed by atoms with van der Waals surface area (Å²) in [6.07, 6.45) is 11.6. The van der Waals surface area contributed by atoms with E-state index in [4.69, 9.17) is 4.74 Å². The zero-order valence-electron chi connectivity index (χ0n) is 8.84. The first-order valence-electron chi connectivity index (χ1n) is 5.58. The van der Waals surface area contributed by atoms with Crippen molar-refractivity contribution in [1.82, 2.24) is 0 Å². The fourth-order valence-corrected chi connectivity index (χ4v) is 2.60. The highest BCUT2D eigenvalue weighted by Gasteiger charge is 2.41. The standard InChI is InChI=1S/C12H13BO3/c14-13(15)10-6-3-5-9-8-4-1-2-7-11(8)16-12(9)10/h2-3,5-7,9,12,14-15H,1,4H2. The lowest BCUT2D eigenvalue weighted by Gasteiger charge is -2.23. The Bertz CT molecular complexity index is 432. The van der Waals surface area contributed by atoms with E-state index in [0.29, 0.717) is 5.47 Å². The van der Waals surface area contributed by atoms with Gasteiger partial charge < -0.3 is 14.8 Å². The van der Waals surface area contributed by atoms with E-state index in [1.165, 1.54) is 5.57 Å². The average molecular weight is 216 g/mol. The lowest BCUT2D eigenvalue weighted by atomic mass is 9.69. The third-order valence-corrected chi connectivity index (χ3v) is 3.38. The van der Waals surface area contributed by atoms with E-state index in [-0.39, 0.29) is 12.0 Å². The molecule has 3 nitrogen and oxygen atoms in total. The van der Waals surface area contributed by atoms with E-state index in [9.17, 15) is 10.0 Å². The van der Waals surface area contributed by atoms with Gasteiger partial charge >= 0.3 is 7.12 Å². The Morgan fingerprint density at radius 3 is 3.06 bits per heavy atom. The molecule has 0 aromatic heterocycles. The second-order valence-electron chi connectivity index (χ2n) is 4.32. The van der Waals surface area contributed by atoms with Gasteiger partial charge in [0, 0.05) is 11.4 Å². The van der Waals surface area contributed by atoms with Gasteiger partial charge in [-0.05, 0) is 24.5 Å². The molecule has 0 spiro atoms. The summed E-state index contributed by atoms with van der Waals surface area (Å²) in [5, 5.41) is 18.6. The number of hydrogen-bond acceptors (Lipinski definition) is 3. The summed E-state index contributed by atoms with van der Waals surface area (Å²) in [5.74, 6) is 1.10. The van der Waals surface area contributed by atoms with Crippen LogP contribution in [0.15, 0.2) is 47.2 Å². The molecule has 0 aromatic rings. The smallest absolute Gasteiger partial charge is 0.486 e. The zero-order chi connectivity index (χ0) is 11.1. The van der Waals surface area contributed by atoms with E-state index >= 15 is 0 Å². The van der Waals surface area contributed by atoms with Gasteiger partial charge in [-0.2, -0.15) is 0 Å². The third-order valence-electron chi connectivity index (χ3n) is 3.38. The molecule has 0 amide bonds. The molecule has 2 N–H and O–H groups in total. The van der Waals surface area contributed by atoms with Crippen molar-refractivity contribution < 1.29 is 14.8 Å². The van der Waals surface area contributed by atoms with Crippen molar-refractivity contribution in [2.75, 3.05) is 0 Å². The van der Waals surface area contributed by atoms with Crippen LogP contribution in [0.2, 0.25) is 0 Å². The molecule has 2 aliphatic carbocycles. The summed E-state index contributed by atoms with van der Waals surface area (Å²) < 4.78 is 5.80. The highest BCUT2D eigenvalue weighted by molar-refractivity contribution is 6.51. The van der Waals surface area contributed by atoms with Crippen molar-refractivity contribution in [3.63, 3.8) is 0 Å². The van der Waals surface area contributed by atoms with Gasteiger partial charge in [0.2, 0.25) is 0 Å². The monoisotopic (exact) mass is 216 g/mol. The van der Waals surface area contributed by atoms with Gasteiger partial charge in [0.15, 0.2) is 0 Å². The molecule has 82 valence electrons. The minimum Gasteiger partial charge on any atom is -0.486 e. The lowest BCUT2D eigenvalue weighted by molar-refractivity contribution is 0.164. The summed E-state index contributed by atoms with van der Waals surface area (Å²) >= 11 is 0. The van der Waals surface area contributed by atoms with Gasteiger partial charge in [-0.25, -0.2) is 0 Å². The second kappa shape index (κ2) is 3.65. The van der Waals surface area contributed by atoms with E-state index in [2.05, 4.69) is 12.2 Å². The summed E-state index contributed by atoms with van der Waals surface area (Å²) in [6, 6.07) is 0. The summed E-state index contributed by atoms with van der Waals surface area (Å²) in [4.78, 5) is 0. The van der Waals surface area contributed by atoms with Gasteiger partial charge in [-0.3, -0.25) is 0 Å². The maximum absolute atomic E-state index is 9.29. The first-order chi connectivity index (χ1) is 7.77. The predicted molar refractivity (Wildman–Crippen MR) is 61.2 cm³/mol. The highest BCUT2D eigenvalue weighted by atomic mass is 16.5. The Kier molecular flexibility index (Phi) is 2.26. The van der Waals surface area contributed by atoms with E-state index in [0.717, 1.165) is 18.6 Å². The Labute approximate surface area is 94.6 Å². The number of ether oxygens (including phenoxy) is 1. The van der Waals surface area contributed by atoms with Crippen LogP contribution in [0.1, 0.15) is 12.8 Å². The van der Waals surface area contributed by atoms with Crippen LogP contribution in [0, 0.1) is 5.92 Å². The molecule has 4 heteroatoms. The van der Waals surface area contributed by atoms with E-state index < -0.39 is 7.12 Å². The molecular weight excluding hydrogens is 203 g/mol. The van der Waals surface area contributed by atoms with Crippen molar-refractivity contribution in [3.05, 3.63) is 47.2 Å². The molecule has 1 aliphatic heterocycles. The maximum Gasteiger partial charge on any atom is 0.487 e. The quantitative estimate of drug-likeness (QED) is 0.645. The molecule has 2 atom stereocenters. The topological polar surface area (TPSA) is 49.7 Å². The van der Waals surface area contributed by atoms with Crippen molar-refractivity contribution in [2.24, 2.45) is 5.92 Å². The molecule has 1 heterocycles. The van der Waals surface area contributed by atoms with Crippen LogP contribution >= 0.6 is 0 Å². The highest BCUT2D eigenvalue weighted by Crippen LogP contribution is 2.42. The molecule has 16 heavy (non-hydrogen) atoms. The minimum absolute atomic E-state index is 0.182. The van der Waals surface area contributed by atoms with Crippen LogP contribution in [-0.4, -0.2) is 23.3 Å². The number of allylic oxidation sites excluding steroid dienone is 4. The van der Waals surface area contributed by atoms with Crippen molar-refractivity contribution >= 4 is 7.12 Å². The molecular formula is C12H13BO3. The second-order valence-corrected chi connectivity index (χ2v) is 4.32. The van der Waals surface area contributed by atoms with Gasteiger partial charge in [0.25, 0.3) is 0 Å². The first-order valence-corrected chi connectivity index (χ1v) is 5.58. The fraction of sp³-hybridized carbons (Fsp3) is 0.333. The molecule has 3 rings (SSSR count). The molecule has 2 unspecified atom stereocenters. The van der Waals surface area contributed by atoms with Crippen LogP contribution in [0.5, 0.6) is 0 Å². The number of fused-ring (bicyclic) bond motifs is 2. The molecule has 0 saturated carbocycles. The largest absolute Gasteiger partial charge is 0.487 e. The van der Waals surface area contributed by atoms with E-state index in [1.807, 2.05) is 12.2 Å². The van der Waals surface area contributed by atoms with Crippen molar-refractivity contribution in [3.8, 4) is 0 Å². The van der Waals surface area contributed by atoms with Gasteiger partial charge in [0.05, 0.1) is 0 Å². The molecule has 0 saturated heterocycles. The minimum atomic E-state index is -1.43. The van der Waals surface area contributed by atoms with Crippen LogP contribution in [-0.2, 0) is 4.74 Å². The van der Waals surface area contributed by atoms with Crippen LogP contribution in [0.25, 0.3) is 0 Å². The molecule has 0 bridgehead atoms. The number of hydrogen-bond donors (Lipinski definition) is 2. The SMILES string of the molecule is OB(O)C1=CC=CC2C3=C(C=CCC3)OC12. The van der Waals surface area contributed by atoms with E-state index in [1.54, 1.807) is 6.08 Å². The van der Waals surface area contributed by atoms with Gasteiger partial charge in [-0.15, -0.1) is 0 Å². The molecule has 0 aromatic carbocycles. The molecule has 0 radical (unpaired) electrons. The fourth-order valence-electron chi connectivity index (χ4n) is 2.60. The maximum atomic E-state index is 9.29. The first kappa shape index (κ1) is 9.93. The Hall–Kier alpha value is -1.26. The average Bonchev–Trinajstić information content (AvgIpc) is 2.67. The summed E-state index contributed by atoms with van der Waals surface area (Å²) in [5.41, 5.74) is 1.84. The van der Waals surface area contributed by atoms with Gasteiger partial charge in [-0.1, -0.05) is 24.3 Å². The Morgan fingerprint density at radius 1 is 1.38 bits per heavy atom. The molecule has 0 fully saturated rings. The summed E-state index contributed by atoms with van der Waals surface area (Å²) in [7, 11) is -1.43. The zero-order valence-corrected chi connectivity index (χ0v) is 8.84.